The first-order valence-electron chi connectivity index (χ1n) is 10.6. The Labute approximate surface area is 192 Å². The topological polar surface area (TPSA) is 69.0 Å². The third kappa shape index (κ3) is 5.08. The number of nitrogens with zero attached hydrogens (tertiary/aromatic N) is 6. The Balaban J connectivity index is 1.62. The van der Waals surface area contributed by atoms with Gasteiger partial charge in [-0.3, -0.25) is 19.4 Å². The van der Waals surface area contributed by atoms with Crippen LogP contribution >= 0.6 is 11.8 Å². The molecule has 4 aromatic rings. The monoisotopic (exact) mass is 448 g/mol. The summed E-state index contributed by atoms with van der Waals surface area (Å²) in [6.45, 7) is 5.79. The molecule has 32 heavy (non-hydrogen) atoms. The average molecular weight is 449 g/mol. The summed E-state index contributed by atoms with van der Waals surface area (Å²) in [7, 11) is 3.77. The molecule has 0 bridgehead atoms. The molecule has 0 amide bonds. The minimum atomic E-state index is 0.564. The second kappa shape index (κ2) is 10.1. The molecule has 0 spiro atoms. The van der Waals surface area contributed by atoms with Gasteiger partial charge in [-0.2, -0.15) is 0 Å². The second-order valence-electron chi connectivity index (χ2n) is 8.15. The summed E-state index contributed by atoms with van der Waals surface area (Å²) in [5.41, 5.74) is 3.98. The quantitative estimate of drug-likeness (QED) is 0.347. The highest BCUT2D eigenvalue weighted by atomic mass is 32.2. The first kappa shape index (κ1) is 22.2. The number of rotatable bonds is 9. The van der Waals surface area contributed by atoms with E-state index in [1.165, 1.54) is 0 Å². The fourth-order valence-corrected chi connectivity index (χ4v) is 4.44. The summed E-state index contributed by atoms with van der Waals surface area (Å²) >= 11 is 1.73. The summed E-state index contributed by atoms with van der Waals surface area (Å²) in [4.78, 5) is 11.2. The Hall–Kier alpha value is -2.97. The Morgan fingerprint density at radius 1 is 1.03 bits per heavy atom. The molecular formula is C24H28N6OS. The molecule has 0 aliphatic rings. The number of benzene rings is 2. The van der Waals surface area contributed by atoms with Crippen molar-refractivity contribution < 1.29 is 4.74 Å². The fraction of sp³-hybridized carbons (Fsp3) is 0.333. The molecule has 7 nitrogen and oxygen atoms in total. The lowest BCUT2D eigenvalue weighted by Crippen LogP contribution is -2.20. The number of hydrogen-bond donors (Lipinski definition) is 0. The maximum absolute atomic E-state index is 5.45. The van der Waals surface area contributed by atoms with Crippen molar-refractivity contribution in [2.75, 3.05) is 19.9 Å². The smallest absolute Gasteiger partial charge is 0.195 e. The summed E-state index contributed by atoms with van der Waals surface area (Å²) in [5.74, 6) is 3.24. The van der Waals surface area contributed by atoms with Crippen LogP contribution in [0, 0.1) is 5.92 Å². The zero-order valence-corrected chi connectivity index (χ0v) is 19.7. The van der Waals surface area contributed by atoms with Crippen molar-refractivity contribution in [1.82, 2.24) is 29.6 Å². The predicted octanol–water partition coefficient (Wildman–Crippen LogP) is 4.60. The zero-order valence-electron chi connectivity index (χ0n) is 18.9. The van der Waals surface area contributed by atoms with Crippen molar-refractivity contribution in [3.05, 3.63) is 66.2 Å². The van der Waals surface area contributed by atoms with Crippen molar-refractivity contribution in [3.63, 3.8) is 0 Å². The van der Waals surface area contributed by atoms with Gasteiger partial charge in [-0.1, -0.05) is 43.8 Å². The van der Waals surface area contributed by atoms with Crippen LogP contribution in [-0.2, 0) is 13.1 Å². The molecule has 4 rings (SSSR count). The van der Waals surface area contributed by atoms with E-state index in [4.69, 9.17) is 4.74 Å². The van der Waals surface area contributed by atoms with E-state index in [2.05, 4.69) is 62.7 Å². The van der Waals surface area contributed by atoms with Gasteiger partial charge in [0.25, 0.3) is 0 Å². The van der Waals surface area contributed by atoms with Gasteiger partial charge in [-0.15, -0.1) is 10.2 Å². The van der Waals surface area contributed by atoms with Crippen molar-refractivity contribution in [2.45, 2.75) is 32.1 Å². The Bertz CT molecular complexity index is 1190. The highest BCUT2D eigenvalue weighted by molar-refractivity contribution is 7.99. The van der Waals surface area contributed by atoms with Gasteiger partial charge in [-0.05, 0) is 36.7 Å². The standard InChI is InChI=1S/C24H28N6OS/c1-17(2)16-32-24-28-27-22(30(24)19-8-6-9-20(13-19)31-4)15-29(3)14-18-7-5-10-21-23(18)26-12-11-25-21/h5-13,17H,14-16H2,1-4H3. The zero-order chi connectivity index (χ0) is 22.5. The highest BCUT2D eigenvalue weighted by Gasteiger charge is 2.17. The van der Waals surface area contributed by atoms with Crippen molar-refractivity contribution in [3.8, 4) is 11.4 Å². The van der Waals surface area contributed by atoms with Crippen LogP contribution in [0.25, 0.3) is 16.7 Å². The van der Waals surface area contributed by atoms with Gasteiger partial charge in [-0.25, -0.2) is 0 Å². The summed E-state index contributed by atoms with van der Waals surface area (Å²) in [6, 6.07) is 14.1. The third-order valence-corrected chi connectivity index (χ3v) is 6.35. The largest absolute Gasteiger partial charge is 0.497 e. The lowest BCUT2D eigenvalue weighted by atomic mass is 10.1. The Morgan fingerprint density at radius 2 is 1.84 bits per heavy atom. The fourth-order valence-electron chi connectivity index (χ4n) is 3.51. The normalized spacial score (nSPS) is 11.6. The molecule has 0 fully saturated rings. The molecule has 0 aliphatic carbocycles. The van der Waals surface area contributed by atoms with Crippen LogP contribution < -0.4 is 4.74 Å². The van der Waals surface area contributed by atoms with Crippen LogP contribution in [0.4, 0.5) is 0 Å². The van der Waals surface area contributed by atoms with Gasteiger partial charge in [0, 0.05) is 30.8 Å². The summed E-state index contributed by atoms with van der Waals surface area (Å²) in [6.07, 6.45) is 3.46. The first-order chi connectivity index (χ1) is 15.5. The van der Waals surface area contributed by atoms with Crippen molar-refractivity contribution in [2.24, 2.45) is 5.92 Å². The van der Waals surface area contributed by atoms with E-state index in [1.807, 2.05) is 30.3 Å². The maximum atomic E-state index is 5.45. The lowest BCUT2D eigenvalue weighted by molar-refractivity contribution is 0.309. The van der Waals surface area contributed by atoms with Gasteiger partial charge < -0.3 is 4.74 Å². The number of para-hydroxylation sites is 1. The molecule has 0 unspecified atom stereocenters. The van der Waals surface area contributed by atoms with Crippen LogP contribution in [-0.4, -0.2) is 49.5 Å². The molecule has 0 atom stereocenters. The van der Waals surface area contributed by atoms with Crippen LogP contribution in [0.5, 0.6) is 5.75 Å². The molecule has 166 valence electrons. The number of thioether (sulfide) groups is 1. The summed E-state index contributed by atoms with van der Waals surface area (Å²) < 4.78 is 7.58. The molecule has 8 heteroatoms. The molecule has 0 saturated heterocycles. The molecule has 0 radical (unpaired) electrons. The maximum Gasteiger partial charge on any atom is 0.195 e. The van der Waals surface area contributed by atoms with E-state index in [0.29, 0.717) is 12.5 Å². The van der Waals surface area contributed by atoms with Crippen molar-refractivity contribution in [1.29, 1.82) is 0 Å². The molecular weight excluding hydrogens is 420 g/mol. The highest BCUT2D eigenvalue weighted by Crippen LogP contribution is 2.27. The summed E-state index contributed by atoms with van der Waals surface area (Å²) in [5, 5.41) is 9.96. The van der Waals surface area contributed by atoms with E-state index >= 15 is 0 Å². The molecule has 0 aliphatic heterocycles. The number of methoxy groups -OCH3 is 1. The minimum absolute atomic E-state index is 0.564. The average Bonchev–Trinajstić information content (AvgIpc) is 3.20. The van der Waals surface area contributed by atoms with Gasteiger partial charge in [0.1, 0.15) is 5.75 Å². The van der Waals surface area contributed by atoms with Gasteiger partial charge in [0.15, 0.2) is 11.0 Å². The van der Waals surface area contributed by atoms with E-state index in [1.54, 1.807) is 31.3 Å². The van der Waals surface area contributed by atoms with E-state index < -0.39 is 0 Å². The first-order valence-corrected chi connectivity index (χ1v) is 11.6. The number of hydrogen-bond acceptors (Lipinski definition) is 7. The molecule has 2 aromatic heterocycles. The lowest BCUT2D eigenvalue weighted by Gasteiger charge is -2.18. The van der Waals surface area contributed by atoms with Gasteiger partial charge in [0.05, 0.1) is 30.4 Å². The second-order valence-corrected chi connectivity index (χ2v) is 9.14. The minimum Gasteiger partial charge on any atom is -0.497 e. The van der Waals surface area contributed by atoms with Gasteiger partial charge in [0.2, 0.25) is 0 Å². The molecule has 2 aromatic carbocycles. The third-order valence-electron chi connectivity index (χ3n) is 4.99. The SMILES string of the molecule is COc1cccc(-n2c(CN(C)Cc3cccc4nccnc34)nnc2SCC(C)C)c1. The Morgan fingerprint density at radius 3 is 2.66 bits per heavy atom. The van der Waals surface area contributed by atoms with Gasteiger partial charge >= 0.3 is 0 Å². The molecule has 0 N–H and O–H groups in total. The predicted molar refractivity (Wildman–Crippen MR) is 128 cm³/mol. The van der Waals surface area contributed by atoms with Crippen molar-refractivity contribution >= 4 is 22.8 Å². The van der Waals surface area contributed by atoms with E-state index in [0.717, 1.165) is 51.3 Å². The van der Waals surface area contributed by atoms with Crippen LogP contribution in [0.15, 0.2) is 60.0 Å². The van der Waals surface area contributed by atoms with Crippen LogP contribution in [0.3, 0.4) is 0 Å². The number of fused-ring (bicyclic) bond motifs is 1. The van der Waals surface area contributed by atoms with Crippen LogP contribution in [0.1, 0.15) is 25.2 Å². The molecule has 2 heterocycles. The van der Waals surface area contributed by atoms with E-state index in [-0.39, 0.29) is 0 Å². The Kier molecular flexibility index (Phi) is 7.02. The number of ether oxygens (including phenoxy) is 1. The van der Waals surface area contributed by atoms with E-state index in [9.17, 15) is 0 Å². The molecule has 0 saturated carbocycles. The number of aromatic nitrogens is 5. The van der Waals surface area contributed by atoms with Crippen LogP contribution in [0.2, 0.25) is 0 Å².